The largest absolute Gasteiger partial charge is 0.478 e. The molecule has 0 saturated heterocycles. The SMILES string of the molecule is Cc1nnc(Sc2cc(C(=O)O)ccn2)c(C#N)c1C. The molecular formula is C13H10N4O2S. The number of aromatic nitrogens is 3. The minimum atomic E-state index is -1.03. The first-order valence-corrected chi connectivity index (χ1v) is 6.45. The minimum Gasteiger partial charge on any atom is -0.478 e. The Balaban J connectivity index is 2.41. The fraction of sp³-hybridized carbons (Fsp3) is 0.154. The molecule has 2 rings (SSSR count). The number of nitrogens with zero attached hydrogens (tertiary/aromatic N) is 4. The summed E-state index contributed by atoms with van der Waals surface area (Å²) in [4.78, 5) is 15.0. The van der Waals surface area contributed by atoms with E-state index < -0.39 is 5.97 Å². The highest BCUT2D eigenvalue weighted by Crippen LogP contribution is 2.29. The molecule has 0 unspecified atom stereocenters. The first-order valence-electron chi connectivity index (χ1n) is 5.64. The van der Waals surface area contributed by atoms with Crippen LogP contribution >= 0.6 is 11.8 Å². The Kier molecular flexibility index (Phi) is 3.96. The molecule has 0 saturated carbocycles. The van der Waals surface area contributed by atoms with Crippen molar-refractivity contribution in [3.8, 4) is 6.07 Å². The molecular weight excluding hydrogens is 276 g/mol. The van der Waals surface area contributed by atoms with Crippen molar-refractivity contribution in [3.05, 3.63) is 40.7 Å². The minimum absolute atomic E-state index is 0.137. The Morgan fingerprint density at radius 2 is 2.15 bits per heavy atom. The molecule has 2 heterocycles. The van der Waals surface area contributed by atoms with Crippen molar-refractivity contribution in [3.63, 3.8) is 0 Å². The van der Waals surface area contributed by atoms with Gasteiger partial charge in [0.15, 0.2) is 0 Å². The van der Waals surface area contributed by atoms with Crippen molar-refractivity contribution in [2.45, 2.75) is 23.9 Å². The molecule has 0 spiro atoms. The van der Waals surface area contributed by atoms with Crippen molar-refractivity contribution in [1.82, 2.24) is 15.2 Å². The maximum Gasteiger partial charge on any atom is 0.335 e. The van der Waals surface area contributed by atoms with Crippen molar-refractivity contribution < 1.29 is 9.90 Å². The number of rotatable bonds is 3. The molecule has 0 aliphatic rings. The predicted molar refractivity (Wildman–Crippen MR) is 71.5 cm³/mol. The molecule has 2 aromatic rings. The molecule has 6 nitrogen and oxygen atoms in total. The molecule has 100 valence electrons. The van der Waals surface area contributed by atoms with E-state index in [1.165, 1.54) is 18.3 Å². The number of carboxylic acid groups (broad SMARTS) is 1. The molecule has 0 aliphatic heterocycles. The maximum absolute atomic E-state index is 10.9. The van der Waals surface area contributed by atoms with Gasteiger partial charge in [-0.15, -0.1) is 5.10 Å². The van der Waals surface area contributed by atoms with E-state index in [4.69, 9.17) is 5.11 Å². The van der Waals surface area contributed by atoms with E-state index in [2.05, 4.69) is 21.3 Å². The van der Waals surface area contributed by atoms with Gasteiger partial charge in [-0.2, -0.15) is 10.4 Å². The van der Waals surface area contributed by atoms with Crippen molar-refractivity contribution >= 4 is 17.7 Å². The van der Waals surface area contributed by atoms with Crippen LogP contribution < -0.4 is 0 Å². The summed E-state index contributed by atoms with van der Waals surface area (Å²) in [7, 11) is 0. The first kappa shape index (κ1) is 14.0. The summed E-state index contributed by atoms with van der Waals surface area (Å²) < 4.78 is 0. The van der Waals surface area contributed by atoms with Gasteiger partial charge in [-0.3, -0.25) is 0 Å². The zero-order chi connectivity index (χ0) is 14.7. The highest BCUT2D eigenvalue weighted by atomic mass is 32.2. The van der Waals surface area contributed by atoms with Crippen LogP contribution in [0.1, 0.15) is 27.2 Å². The third-order valence-electron chi connectivity index (χ3n) is 2.72. The molecule has 0 aliphatic carbocycles. The van der Waals surface area contributed by atoms with Gasteiger partial charge in [0, 0.05) is 6.20 Å². The van der Waals surface area contributed by atoms with Gasteiger partial charge >= 0.3 is 5.97 Å². The average molecular weight is 286 g/mol. The normalized spacial score (nSPS) is 10.1. The summed E-state index contributed by atoms with van der Waals surface area (Å²) in [6.45, 7) is 3.58. The molecule has 0 bridgehead atoms. The fourth-order valence-electron chi connectivity index (χ4n) is 1.49. The van der Waals surface area contributed by atoms with Gasteiger partial charge in [0.05, 0.1) is 16.8 Å². The van der Waals surface area contributed by atoms with E-state index in [0.29, 0.717) is 21.3 Å². The Labute approximate surface area is 119 Å². The third-order valence-corrected chi connectivity index (χ3v) is 3.63. The Morgan fingerprint density at radius 3 is 2.80 bits per heavy atom. The number of hydrogen-bond acceptors (Lipinski definition) is 6. The standard InChI is InChI=1S/C13H10N4O2S/c1-7-8(2)16-17-12(10(7)6-14)20-11-5-9(13(18)19)3-4-15-11/h3-5H,1-2H3,(H,18,19). The summed E-state index contributed by atoms with van der Waals surface area (Å²) in [6.07, 6.45) is 1.41. The van der Waals surface area contributed by atoms with E-state index in [-0.39, 0.29) is 5.56 Å². The number of hydrogen-bond donors (Lipinski definition) is 1. The highest BCUT2D eigenvalue weighted by Gasteiger charge is 2.13. The Bertz CT molecular complexity index is 725. The van der Waals surface area contributed by atoms with Crippen LogP contribution in [0.3, 0.4) is 0 Å². The molecule has 1 N–H and O–H groups in total. The quantitative estimate of drug-likeness (QED) is 0.923. The monoisotopic (exact) mass is 286 g/mol. The van der Waals surface area contributed by atoms with Gasteiger partial charge in [0.1, 0.15) is 16.1 Å². The van der Waals surface area contributed by atoms with Crippen LogP contribution in [0.15, 0.2) is 28.4 Å². The number of aromatic carboxylic acids is 1. The smallest absolute Gasteiger partial charge is 0.335 e. The molecule has 20 heavy (non-hydrogen) atoms. The lowest BCUT2D eigenvalue weighted by molar-refractivity contribution is 0.0696. The molecule has 0 atom stereocenters. The van der Waals surface area contributed by atoms with E-state index >= 15 is 0 Å². The third kappa shape index (κ3) is 2.75. The molecule has 0 radical (unpaired) electrons. The van der Waals surface area contributed by atoms with Crippen LogP contribution in [-0.4, -0.2) is 26.3 Å². The topological polar surface area (TPSA) is 99.8 Å². The Morgan fingerprint density at radius 1 is 1.40 bits per heavy atom. The summed E-state index contributed by atoms with van der Waals surface area (Å²) in [6, 6.07) is 4.94. The van der Waals surface area contributed by atoms with Gasteiger partial charge in [0.25, 0.3) is 0 Å². The highest BCUT2D eigenvalue weighted by molar-refractivity contribution is 7.99. The lowest BCUT2D eigenvalue weighted by atomic mass is 10.1. The second-order valence-electron chi connectivity index (χ2n) is 3.99. The first-order chi connectivity index (χ1) is 9.52. The molecule has 0 fully saturated rings. The summed E-state index contributed by atoms with van der Waals surface area (Å²) in [5.41, 5.74) is 2.03. The van der Waals surface area contributed by atoms with Gasteiger partial charge in [0.2, 0.25) is 0 Å². The van der Waals surface area contributed by atoms with Gasteiger partial charge in [-0.25, -0.2) is 9.78 Å². The molecule has 0 aromatic carbocycles. The second-order valence-corrected chi connectivity index (χ2v) is 5.00. The van der Waals surface area contributed by atoms with Crippen LogP contribution in [0.4, 0.5) is 0 Å². The summed E-state index contributed by atoms with van der Waals surface area (Å²) >= 11 is 1.12. The number of carboxylic acids is 1. The van der Waals surface area contributed by atoms with Crippen LogP contribution in [0, 0.1) is 25.2 Å². The van der Waals surface area contributed by atoms with E-state index in [0.717, 1.165) is 17.3 Å². The lowest BCUT2D eigenvalue weighted by Crippen LogP contribution is -2.00. The van der Waals surface area contributed by atoms with Crippen LogP contribution in [-0.2, 0) is 0 Å². The second kappa shape index (κ2) is 5.67. The molecule has 2 aromatic heterocycles. The maximum atomic E-state index is 10.9. The zero-order valence-corrected chi connectivity index (χ0v) is 11.6. The van der Waals surface area contributed by atoms with E-state index in [9.17, 15) is 10.1 Å². The molecule has 7 heteroatoms. The van der Waals surface area contributed by atoms with Gasteiger partial charge in [-0.05, 0) is 43.3 Å². The number of nitriles is 1. The van der Waals surface area contributed by atoms with Gasteiger partial charge in [-0.1, -0.05) is 0 Å². The summed E-state index contributed by atoms with van der Waals surface area (Å²) in [5.74, 6) is -1.03. The van der Waals surface area contributed by atoms with Gasteiger partial charge < -0.3 is 5.11 Å². The van der Waals surface area contributed by atoms with Crippen LogP contribution in [0.25, 0.3) is 0 Å². The fourth-order valence-corrected chi connectivity index (χ4v) is 2.37. The zero-order valence-electron chi connectivity index (χ0n) is 10.8. The Hall–Kier alpha value is -2.46. The number of pyridine rings is 1. The van der Waals surface area contributed by atoms with Crippen LogP contribution in [0.2, 0.25) is 0 Å². The summed E-state index contributed by atoms with van der Waals surface area (Å²) in [5, 5.41) is 27.0. The van der Waals surface area contributed by atoms with Crippen LogP contribution in [0.5, 0.6) is 0 Å². The number of aryl methyl sites for hydroxylation is 1. The predicted octanol–water partition coefficient (Wildman–Crippen LogP) is 2.21. The van der Waals surface area contributed by atoms with E-state index in [1.807, 2.05) is 0 Å². The van der Waals surface area contributed by atoms with Crippen molar-refractivity contribution in [2.75, 3.05) is 0 Å². The number of carbonyl (C=O) groups is 1. The molecule has 0 amide bonds. The average Bonchev–Trinajstić information content (AvgIpc) is 2.43. The van der Waals surface area contributed by atoms with E-state index in [1.54, 1.807) is 13.8 Å². The van der Waals surface area contributed by atoms with Crippen molar-refractivity contribution in [1.29, 1.82) is 5.26 Å². The van der Waals surface area contributed by atoms with Crippen molar-refractivity contribution in [2.24, 2.45) is 0 Å². The lowest BCUT2D eigenvalue weighted by Gasteiger charge is -2.06.